The third-order valence-corrected chi connectivity index (χ3v) is 3.54. The Morgan fingerprint density at radius 3 is 2.48 bits per heavy atom. The van der Waals surface area contributed by atoms with Gasteiger partial charge in [0.1, 0.15) is 12.1 Å². The number of hydrogen-bond acceptors (Lipinski definition) is 7. The van der Waals surface area contributed by atoms with E-state index in [1.165, 1.54) is 6.33 Å². The van der Waals surface area contributed by atoms with Crippen LogP contribution in [0.25, 0.3) is 0 Å². The third-order valence-electron chi connectivity index (χ3n) is 3.29. The van der Waals surface area contributed by atoms with E-state index < -0.39 is 4.92 Å². The topological polar surface area (TPSA) is 106 Å². The number of rotatable bonds is 6. The van der Waals surface area contributed by atoms with Gasteiger partial charge in [0.05, 0.1) is 4.92 Å². The molecule has 25 heavy (non-hydrogen) atoms. The molecule has 8 nitrogen and oxygen atoms in total. The van der Waals surface area contributed by atoms with Crippen LogP contribution in [0.1, 0.15) is 5.56 Å². The second-order valence-electron chi connectivity index (χ2n) is 5.00. The smallest absolute Gasteiger partial charge is 0.353 e. The summed E-state index contributed by atoms with van der Waals surface area (Å²) in [6.07, 6.45) is 2.83. The highest BCUT2D eigenvalue weighted by atomic mass is 35.5. The molecule has 126 valence electrons. The number of nitrogens with one attached hydrogen (secondary N) is 2. The molecule has 2 heterocycles. The number of aromatic nitrogens is 3. The van der Waals surface area contributed by atoms with Gasteiger partial charge in [-0.15, -0.1) is 0 Å². The molecule has 0 fully saturated rings. The van der Waals surface area contributed by atoms with Crippen molar-refractivity contribution < 1.29 is 4.92 Å². The molecule has 3 aromatic rings. The summed E-state index contributed by atoms with van der Waals surface area (Å²) in [5.41, 5.74) is 0.665. The molecule has 0 aliphatic heterocycles. The molecular formula is C16H13ClN6O2. The minimum Gasteiger partial charge on any atom is -0.360 e. The van der Waals surface area contributed by atoms with Crippen molar-refractivity contribution in [1.29, 1.82) is 0 Å². The molecule has 3 rings (SSSR count). The summed E-state index contributed by atoms with van der Waals surface area (Å²) >= 11 is 5.85. The first-order valence-corrected chi connectivity index (χ1v) is 7.67. The van der Waals surface area contributed by atoms with Gasteiger partial charge in [-0.1, -0.05) is 29.8 Å². The zero-order valence-electron chi connectivity index (χ0n) is 12.9. The monoisotopic (exact) mass is 356 g/mol. The molecule has 0 bridgehead atoms. The number of nitro groups is 1. The lowest BCUT2D eigenvalue weighted by atomic mass is 10.2. The average molecular weight is 357 g/mol. The number of halogens is 1. The van der Waals surface area contributed by atoms with E-state index in [-0.39, 0.29) is 17.3 Å². The maximum Gasteiger partial charge on any atom is 0.353 e. The standard InChI is InChI=1S/C16H13ClN6O2/c17-12-6-4-11(5-7-12)9-19-15-14(23(24)25)16(21-10-20-15)22-13-3-1-2-8-18-13/h1-8,10H,9H2,(H2,18,19,20,21,22). The summed E-state index contributed by atoms with van der Waals surface area (Å²) in [6.45, 7) is 0.359. The first-order valence-electron chi connectivity index (χ1n) is 7.29. The van der Waals surface area contributed by atoms with Crippen molar-refractivity contribution in [3.63, 3.8) is 0 Å². The van der Waals surface area contributed by atoms with Crippen molar-refractivity contribution in [3.05, 3.63) is 75.7 Å². The fourth-order valence-corrected chi connectivity index (χ4v) is 2.24. The van der Waals surface area contributed by atoms with Crippen LogP contribution in [-0.4, -0.2) is 19.9 Å². The molecule has 0 aliphatic carbocycles. The summed E-state index contributed by atoms with van der Waals surface area (Å²) in [6, 6.07) is 12.4. The molecule has 1 aromatic carbocycles. The van der Waals surface area contributed by atoms with Crippen LogP contribution in [0.5, 0.6) is 0 Å². The minimum absolute atomic E-state index is 0.0670. The van der Waals surface area contributed by atoms with Gasteiger partial charge in [0.25, 0.3) is 0 Å². The van der Waals surface area contributed by atoms with E-state index in [9.17, 15) is 10.1 Å². The Morgan fingerprint density at radius 1 is 1.04 bits per heavy atom. The van der Waals surface area contributed by atoms with Gasteiger partial charge in [0, 0.05) is 17.8 Å². The highest BCUT2D eigenvalue weighted by molar-refractivity contribution is 6.30. The van der Waals surface area contributed by atoms with E-state index in [1.807, 2.05) is 12.1 Å². The Balaban J connectivity index is 1.84. The fourth-order valence-electron chi connectivity index (χ4n) is 2.12. The van der Waals surface area contributed by atoms with Gasteiger partial charge in [0.2, 0.25) is 11.6 Å². The first-order chi connectivity index (χ1) is 12.1. The Morgan fingerprint density at radius 2 is 1.80 bits per heavy atom. The van der Waals surface area contributed by atoms with Crippen LogP contribution in [0, 0.1) is 10.1 Å². The highest BCUT2D eigenvalue weighted by Gasteiger charge is 2.23. The Labute approximate surface area is 148 Å². The maximum atomic E-state index is 11.5. The number of pyridine rings is 1. The number of nitrogens with zero attached hydrogens (tertiary/aromatic N) is 4. The van der Waals surface area contributed by atoms with Crippen molar-refractivity contribution in [3.8, 4) is 0 Å². The van der Waals surface area contributed by atoms with Gasteiger partial charge >= 0.3 is 5.69 Å². The zero-order valence-corrected chi connectivity index (χ0v) is 13.6. The fraction of sp³-hybridized carbons (Fsp3) is 0.0625. The molecule has 9 heteroatoms. The minimum atomic E-state index is -0.532. The number of hydrogen-bond donors (Lipinski definition) is 2. The molecular weight excluding hydrogens is 344 g/mol. The number of anilines is 3. The van der Waals surface area contributed by atoms with Crippen molar-refractivity contribution in [2.24, 2.45) is 0 Å². The third kappa shape index (κ3) is 4.18. The highest BCUT2D eigenvalue weighted by Crippen LogP contribution is 2.30. The zero-order chi connectivity index (χ0) is 17.6. The summed E-state index contributed by atoms with van der Waals surface area (Å²) in [7, 11) is 0. The molecule has 0 unspecified atom stereocenters. The van der Waals surface area contributed by atoms with Crippen LogP contribution in [0.15, 0.2) is 55.0 Å². The Bertz CT molecular complexity index is 874. The molecule has 0 spiro atoms. The second kappa shape index (κ2) is 7.54. The van der Waals surface area contributed by atoms with Gasteiger partial charge in [-0.25, -0.2) is 15.0 Å². The van der Waals surface area contributed by atoms with Crippen LogP contribution >= 0.6 is 11.6 Å². The van der Waals surface area contributed by atoms with Crippen LogP contribution < -0.4 is 10.6 Å². The van der Waals surface area contributed by atoms with E-state index in [1.54, 1.807) is 36.5 Å². The van der Waals surface area contributed by atoms with Crippen LogP contribution in [0.4, 0.5) is 23.1 Å². The normalized spacial score (nSPS) is 10.3. The lowest BCUT2D eigenvalue weighted by Crippen LogP contribution is -2.08. The van der Waals surface area contributed by atoms with Gasteiger partial charge < -0.3 is 10.6 Å². The van der Waals surface area contributed by atoms with Crippen molar-refractivity contribution >= 4 is 34.7 Å². The molecule has 2 N–H and O–H groups in total. The summed E-state index contributed by atoms with van der Waals surface area (Å²) in [5.74, 6) is 0.638. The summed E-state index contributed by atoms with van der Waals surface area (Å²) < 4.78 is 0. The Kier molecular flexibility index (Phi) is 5.00. The second-order valence-corrected chi connectivity index (χ2v) is 5.43. The van der Waals surface area contributed by atoms with Gasteiger partial charge in [-0.2, -0.15) is 0 Å². The van der Waals surface area contributed by atoms with Crippen molar-refractivity contribution in [1.82, 2.24) is 15.0 Å². The molecule has 0 amide bonds. The molecule has 2 aromatic heterocycles. The molecule has 0 saturated carbocycles. The molecule has 0 saturated heterocycles. The van der Waals surface area contributed by atoms with Crippen molar-refractivity contribution in [2.45, 2.75) is 6.54 Å². The van der Waals surface area contributed by atoms with Crippen LogP contribution in [0.2, 0.25) is 5.02 Å². The van der Waals surface area contributed by atoms with E-state index >= 15 is 0 Å². The van der Waals surface area contributed by atoms with E-state index in [4.69, 9.17) is 11.6 Å². The lowest BCUT2D eigenvalue weighted by molar-refractivity contribution is -0.383. The lowest BCUT2D eigenvalue weighted by Gasteiger charge is -2.09. The maximum absolute atomic E-state index is 11.5. The van der Waals surface area contributed by atoms with E-state index in [2.05, 4.69) is 25.6 Å². The predicted molar refractivity (Wildman–Crippen MR) is 95.0 cm³/mol. The summed E-state index contributed by atoms with van der Waals surface area (Å²) in [5, 5.41) is 17.9. The largest absolute Gasteiger partial charge is 0.360 e. The van der Waals surface area contributed by atoms with Gasteiger partial charge in [0.15, 0.2) is 0 Å². The quantitative estimate of drug-likeness (QED) is 0.511. The van der Waals surface area contributed by atoms with Crippen LogP contribution in [-0.2, 0) is 6.54 Å². The molecule has 0 atom stereocenters. The van der Waals surface area contributed by atoms with E-state index in [0.717, 1.165) is 5.56 Å². The molecule has 0 radical (unpaired) electrons. The van der Waals surface area contributed by atoms with Gasteiger partial charge in [-0.05, 0) is 29.8 Å². The van der Waals surface area contributed by atoms with Gasteiger partial charge in [-0.3, -0.25) is 10.1 Å². The number of benzene rings is 1. The Hall–Kier alpha value is -3.26. The van der Waals surface area contributed by atoms with Crippen molar-refractivity contribution in [2.75, 3.05) is 10.6 Å². The van der Waals surface area contributed by atoms with Crippen LogP contribution in [0.3, 0.4) is 0 Å². The predicted octanol–water partition coefficient (Wildman–Crippen LogP) is 3.79. The SMILES string of the molecule is O=[N+]([O-])c1c(NCc2ccc(Cl)cc2)ncnc1Nc1ccccn1. The summed E-state index contributed by atoms with van der Waals surface area (Å²) in [4.78, 5) is 23.0. The average Bonchev–Trinajstić information content (AvgIpc) is 2.62. The first kappa shape index (κ1) is 16.6. The molecule has 0 aliphatic rings. The van der Waals surface area contributed by atoms with E-state index in [0.29, 0.717) is 17.4 Å².